The maximum Gasteiger partial charge on any atom is 0.465 e. The Hall–Kier alpha value is -0.760. The second kappa shape index (κ2) is 3.38. The molecule has 1 aliphatic rings. The second-order valence-corrected chi connectivity index (χ2v) is 5.34. The van der Waals surface area contributed by atoms with Crippen LogP contribution >= 0.6 is 0 Å². The first-order valence-electron chi connectivity index (χ1n) is 4.11. The lowest BCUT2D eigenvalue weighted by molar-refractivity contribution is -0.163. The number of alkyl halides is 2. The van der Waals surface area contributed by atoms with Crippen molar-refractivity contribution in [3.8, 4) is 0 Å². The van der Waals surface area contributed by atoms with E-state index in [-0.39, 0.29) is 12.0 Å². The number of esters is 1. The van der Waals surface area contributed by atoms with Crippen LogP contribution in [0.3, 0.4) is 0 Å². The molecule has 8 heteroatoms. The summed E-state index contributed by atoms with van der Waals surface area (Å²) >= 11 is 0. The zero-order chi connectivity index (χ0) is 11.9. The van der Waals surface area contributed by atoms with Crippen molar-refractivity contribution in [1.29, 1.82) is 0 Å². The van der Waals surface area contributed by atoms with Gasteiger partial charge in [0.2, 0.25) is 0 Å². The summed E-state index contributed by atoms with van der Waals surface area (Å²) in [5, 5.41) is -4.89. The highest BCUT2D eigenvalue weighted by Crippen LogP contribution is 2.45. The van der Waals surface area contributed by atoms with E-state index < -0.39 is 21.3 Å². The van der Waals surface area contributed by atoms with E-state index in [1.807, 2.05) is 0 Å². The summed E-state index contributed by atoms with van der Waals surface area (Å²) in [6, 6.07) is 0. The first-order chi connectivity index (χ1) is 6.58. The Balaban J connectivity index is 2.60. The fourth-order valence-corrected chi connectivity index (χ4v) is 1.06. The molecule has 1 aliphatic carbocycles. The van der Waals surface area contributed by atoms with E-state index in [1.165, 1.54) is 0 Å². The SMILES string of the molecule is CC1(COC(=O)C(F)(F)S(=O)(=O)O)CC1. The van der Waals surface area contributed by atoms with Gasteiger partial charge in [-0.15, -0.1) is 0 Å². The van der Waals surface area contributed by atoms with Gasteiger partial charge in [0.05, 0.1) is 6.61 Å². The summed E-state index contributed by atoms with van der Waals surface area (Å²) in [7, 11) is -5.76. The molecule has 0 aliphatic heterocycles. The van der Waals surface area contributed by atoms with E-state index in [9.17, 15) is 22.0 Å². The van der Waals surface area contributed by atoms with Crippen molar-refractivity contribution in [2.24, 2.45) is 5.41 Å². The zero-order valence-electron chi connectivity index (χ0n) is 7.87. The molecule has 0 heterocycles. The Morgan fingerprint density at radius 1 is 1.53 bits per heavy atom. The molecule has 5 nitrogen and oxygen atoms in total. The first-order valence-corrected chi connectivity index (χ1v) is 5.55. The van der Waals surface area contributed by atoms with Crippen molar-refractivity contribution in [3.63, 3.8) is 0 Å². The summed E-state index contributed by atoms with van der Waals surface area (Å²) < 4.78 is 57.7. The lowest BCUT2D eigenvalue weighted by Gasteiger charge is -2.14. The quantitative estimate of drug-likeness (QED) is 0.584. The van der Waals surface area contributed by atoms with Gasteiger partial charge >= 0.3 is 21.3 Å². The summed E-state index contributed by atoms with van der Waals surface area (Å²) in [5.41, 5.74) is -0.328. The second-order valence-electron chi connectivity index (χ2n) is 3.88. The largest absolute Gasteiger partial charge is 0.465 e. The van der Waals surface area contributed by atoms with Crippen molar-refractivity contribution < 1.29 is 31.3 Å². The van der Waals surface area contributed by atoms with E-state index >= 15 is 0 Å². The Morgan fingerprint density at radius 2 is 2.00 bits per heavy atom. The minimum absolute atomic E-state index is 0.267. The summed E-state index contributed by atoms with van der Waals surface area (Å²) in [6.45, 7) is 1.45. The van der Waals surface area contributed by atoms with Crippen LogP contribution in [0.15, 0.2) is 0 Å². The van der Waals surface area contributed by atoms with Gasteiger partial charge in [0.1, 0.15) is 0 Å². The molecule has 0 aromatic heterocycles. The molecule has 1 saturated carbocycles. The molecule has 88 valence electrons. The third-order valence-corrected chi connectivity index (χ3v) is 3.03. The van der Waals surface area contributed by atoms with Crippen molar-refractivity contribution in [3.05, 3.63) is 0 Å². The Morgan fingerprint density at radius 3 is 2.33 bits per heavy atom. The first kappa shape index (κ1) is 12.3. The third-order valence-electron chi connectivity index (χ3n) is 2.22. The lowest BCUT2D eigenvalue weighted by atomic mass is 10.2. The van der Waals surface area contributed by atoms with Crippen LogP contribution in [-0.4, -0.2) is 30.8 Å². The minimum atomic E-state index is -5.76. The van der Waals surface area contributed by atoms with E-state index in [0.29, 0.717) is 0 Å². The smallest absolute Gasteiger partial charge is 0.460 e. The lowest BCUT2D eigenvalue weighted by Crippen LogP contribution is -2.39. The fraction of sp³-hybridized carbons (Fsp3) is 0.857. The highest BCUT2D eigenvalue weighted by Gasteiger charge is 2.55. The molecule has 0 aromatic rings. The molecule has 0 unspecified atom stereocenters. The minimum Gasteiger partial charge on any atom is -0.460 e. The molecule has 0 amide bonds. The highest BCUT2D eigenvalue weighted by molar-refractivity contribution is 7.87. The van der Waals surface area contributed by atoms with Crippen LogP contribution in [0.1, 0.15) is 19.8 Å². The van der Waals surface area contributed by atoms with E-state index in [2.05, 4.69) is 4.74 Å². The van der Waals surface area contributed by atoms with Crippen molar-refractivity contribution in [2.45, 2.75) is 25.0 Å². The van der Waals surface area contributed by atoms with E-state index in [4.69, 9.17) is 4.55 Å². The number of halogens is 2. The van der Waals surface area contributed by atoms with Gasteiger partial charge in [0, 0.05) is 5.41 Å². The van der Waals surface area contributed by atoms with Gasteiger partial charge in [-0.1, -0.05) is 6.92 Å². The maximum absolute atomic E-state index is 12.6. The van der Waals surface area contributed by atoms with E-state index in [0.717, 1.165) is 12.8 Å². The zero-order valence-corrected chi connectivity index (χ0v) is 8.68. The molecule has 0 spiro atoms. The van der Waals surface area contributed by atoms with Crippen LogP contribution in [0.4, 0.5) is 8.78 Å². The summed E-state index contributed by atoms with van der Waals surface area (Å²) in [4.78, 5) is 10.7. The maximum atomic E-state index is 12.6. The van der Waals surface area contributed by atoms with Crippen LogP contribution in [0.2, 0.25) is 0 Å². The highest BCUT2D eigenvalue weighted by atomic mass is 32.2. The van der Waals surface area contributed by atoms with Crippen LogP contribution in [0.5, 0.6) is 0 Å². The molecule has 1 fully saturated rings. The molecule has 0 aromatic carbocycles. The molecule has 0 radical (unpaired) electrons. The summed E-state index contributed by atoms with van der Waals surface area (Å²) in [5.74, 6) is -2.24. The van der Waals surface area contributed by atoms with E-state index in [1.54, 1.807) is 6.92 Å². The number of rotatable bonds is 4. The average molecular weight is 244 g/mol. The van der Waals surface area contributed by atoms with Gasteiger partial charge in [-0.2, -0.15) is 17.2 Å². The number of hydrogen-bond donors (Lipinski definition) is 1. The fourth-order valence-electron chi connectivity index (χ4n) is 0.787. The Bertz CT molecular complexity index is 371. The monoisotopic (exact) mass is 244 g/mol. The predicted octanol–water partition coefficient (Wildman–Crippen LogP) is 0.810. The number of carbonyl (C=O) groups is 1. The van der Waals surface area contributed by atoms with Crippen molar-refractivity contribution in [1.82, 2.24) is 0 Å². The molecule has 0 saturated heterocycles. The summed E-state index contributed by atoms with van der Waals surface area (Å²) in [6.07, 6.45) is 1.47. The normalized spacial score (nSPS) is 19.7. The van der Waals surface area contributed by atoms with Gasteiger partial charge in [-0.05, 0) is 12.8 Å². The molecule has 1 rings (SSSR count). The van der Waals surface area contributed by atoms with Gasteiger partial charge in [0.25, 0.3) is 0 Å². The van der Waals surface area contributed by atoms with Crippen LogP contribution < -0.4 is 0 Å². The van der Waals surface area contributed by atoms with Gasteiger partial charge in [-0.25, -0.2) is 4.79 Å². The number of carbonyl (C=O) groups excluding carboxylic acids is 1. The molecule has 0 bridgehead atoms. The van der Waals surface area contributed by atoms with Crippen LogP contribution in [-0.2, 0) is 19.6 Å². The van der Waals surface area contributed by atoms with Gasteiger partial charge in [0.15, 0.2) is 0 Å². The van der Waals surface area contributed by atoms with Crippen LogP contribution in [0, 0.1) is 5.41 Å². The number of hydrogen-bond acceptors (Lipinski definition) is 4. The molecule has 1 N–H and O–H groups in total. The predicted molar refractivity (Wildman–Crippen MR) is 44.8 cm³/mol. The number of ether oxygens (including phenoxy) is 1. The van der Waals surface area contributed by atoms with Crippen molar-refractivity contribution in [2.75, 3.05) is 6.61 Å². The molecule has 0 atom stereocenters. The molecule has 15 heavy (non-hydrogen) atoms. The Labute approximate surface area is 85.2 Å². The topological polar surface area (TPSA) is 80.7 Å². The van der Waals surface area contributed by atoms with Gasteiger partial charge < -0.3 is 4.74 Å². The van der Waals surface area contributed by atoms with Gasteiger partial charge in [-0.3, -0.25) is 4.55 Å². The average Bonchev–Trinajstić information content (AvgIpc) is 2.78. The van der Waals surface area contributed by atoms with Crippen molar-refractivity contribution >= 4 is 16.1 Å². The molecular formula is C7H10F2O5S. The third kappa shape index (κ3) is 2.63. The Kier molecular flexibility index (Phi) is 2.77. The molecular weight excluding hydrogens is 234 g/mol. The standard InChI is InChI=1S/C7H10F2O5S/c1-6(2-3-6)4-14-5(10)7(8,9)15(11,12)13/h2-4H2,1H3,(H,11,12,13). The van der Waals surface area contributed by atoms with Crippen LogP contribution in [0.25, 0.3) is 0 Å².